The van der Waals surface area contributed by atoms with E-state index in [-0.39, 0.29) is 0 Å². The second-order valence-corrected chi connectivity index (χ2v) is 8.69. The second kappa shape index (κ2) is 9.29. The molecule has 0 aliphatic rings. The predicted molar refractivity (Wildman–Crippen MR) is 151 cm³/mol. The summed E-state index contributed by atoms with van der Waals surface area (Å²) in [6.07, 6.45) is 0. The monoisotopic (exact) mass is 461 g/mol. The molecule has 0 saturated heterocycles. The first-order valence-electron chi connectivity index (χ1n) is 11.9. The van der Waals surface area contributed by atoms with Crippen LogP contribution in [0.3, 0.4) is 0 Å². The molecular weight excluding hydrogens is 438 g/mol. The van der Waals surface area contributed by atoms with Crippen LogP contribution in [-0.4, -0.2) is 0 Å². The molecule has 1 N–H and O–H groups in total. The van der Waals surface area contributed by atoms with Crippen molar-refractivity contribution in [1.29, 1.82) is 5.26 Å². The number of nitrogens with zero attached hydrogens (tertiary/aromatic N) is 2. The average Bonchev–Trinajstić information content (AvgIpc) is 2.95. The van der Waals surface area contributed by atoms with Crippen LogP contribution in [-0.2, 0) is 0 Å². The fraction of sp³-hybridized carbons (Fsp3) is 0. The first-order chi connectivity index (χ1) is 17.8. The van der Waals surface area contributed by atoms with E-state index in [0.717, 1.165) is 28.4 Å². The molecule has 0 fully saturated rings. The lowest BCUT2D eigenvalue weighted by Gasteiger charge is -2.28. The van der Waals surface area contributed by atoms with Gasteiger partial charge in [0.05, 0.1) is 23.0 Å². The highest BCUT2D eigenvalue weighted by molar-refractivity contribution is 6.04. The summed E-state index contributed by atoms with van der Waals surface area (Å²) in [6, 6.07) is 48.1. The van der Waals surface area contributed by atoms with Crippen LogP contribution in [0.15, 0.2) is 133 Å². The van der Waals surface area contributed by atoms with Gasteiger partial charge in [0.1, 0.15) is 0 Å². The molecule has 0 unspecified atom stereocenters. The number of anilines is 5. The molecule has 0 bridgehead atoms. The standard InChI is InChI=1S/C33H23N3/c34-23-24-15-17-27(18-16-24)35-28-19-21-29(22-20-28)36(32-13-5-9-25-7-1-3-11-30(25)32)33-14-6-10-26-8-2-4-12-31(26)33/h1-22,35H. The van der Waals surface area contributed by atoms with Crippen LogP contribution in [0.2, 0.25) is 0 Å². The van der Waals surface area contributed by atoms with Crippen molar-refractivity contribution in [1.82, 2.24) is 0 Å². The molecule has 170 valence electrons. The molecule has 0 spiro atoms. The van der Waals surface area contributed by atoms with Crippen LogP contribution in [0, 0.1) is 11.3 Å². The maximum atomic E-state index is 9.05. The van der Waals surface area contributed by atoms with Crippen molar-refractivity contribution in [2.24, 2.45) is 0 Å². The quantitative estimate of drug-likeness (QED) is 0.278. The van der Waals surface area contributed by atoms with Crippen molar-refractivity contribution in [3.05, 3.63) is 139 Å². The summed E-state index contributed by atoms with van der Waals surface area (Å²) in [5, 5.41) is 17.3. The topological polar surface area (TPSA) is 39.1 Å². The summed E-state index contributed by atoms with van der Waals surface area (Å²) in [5.41, 5.74) is 5.93. The molecule has 3 nitrogen and oxygen atoms in total. The van der Waals surface area contributed by atoms with Crippen molar-refractivity contribution >= 4 is 50.0 Å². The Morgan fingerprint density at radius 3 is 1.50 bits per heavy atom. The average molecular weight is 462 g/mol. The Morgan fingerprint density at radius 1 is 0.500 bits per heavy atom. The van der Waals surface area contributed by atoms with Gasteiger partial charge in [-0.1, -0.05) is 72.8 Å². The highest BCUT2D eigenvalue weighted by Gasteiger charge is 2.17. The Balaban J connectivity index is 1.47. The van der Waals surface area contributed by atoms with Crippen LogP contribution in [0.4, 0.5) is 28.4 Å². The van der Waals surface area contributed by atoms with Gasteiger partial charge in [0.2, 0.25) is 0 Å². The molecule has 6 aromatic rings. The van der Waals surface area contributed by atoms with Crippen LogP contribution >= 0.6 is 0 Å². The smallest absolute Gasteiger partial charge is 0.0991 e. The molecular formula is C33H23N3. The summed E-state index contributed by atoms with van der Waals surface area (Å²) in [7, 11) is 0. The van der Waals surface area contributed by atoms with Gasteiger partial charge in [-0.25, -0.2) is 0 Å². The van der Waals surface area contributed by atoms with E-state index in [9.17, 15) is 0 Å². The molecule has 6 rings (SSSR count). The highest BCUT2D eigenvalue weighted by Crippen LogP contribution is 2.42. The normalized spacial score (nSPS) is 10.8. The van der Waals surface area contributed by atoms with Crippen LogP contribution in [0.5, 0.6) is 0 Å². The minimum atomic E-state index is 0.650. The minimum Gasteiger partial charge on any atom is -0.356 e. The van der Waals surface area contributed by atoms with Crippen LogP contribution < -0.4 is 10.2 Å². The van der Waals surface area contributed by atoms with Gasteiger partial charge in [0.25, 0.3) is 0 Å². The van der Waals surface area contributed by atoms with Crippen molar-refractivity contribution in [3.63, 3.8) is 0 Å². The van der Waals surface area contributed by atoms with Gasteiger partial charge in [-0.15, -0.1) is 0 Å². The van der Waals surface area contributed by atoms with Crippen molar-refractivity contribution in [3.8, 4) is 6.07 Å². The third kappa shape index (κ3) is 4.02. The van der Waals surface area contributed by atoms with E-state index in [2.05, 4.69) is 125 Å². The number of hydrogen-bond donors (Lipinski definition) is 1. The summed E-state index contributed by atoms with van der Waals surface area (Å²) < 4.78 is 0. The summed E-state index contributed by atoms with van der Waals surface area (Å²) in [6.45, 7) is 0. The molecule has 6 aromatic carbocycles. The van der Waals surface area contributed by atoms with E-state index in [0.29, 0.717) is 5.56 Å². The van der Waals surface area contributed by atoms with Gasteiger partial charge in [-0.05, 0) is 71.4 Å². The summed E-state index contributed by atoms with van der Waals surface area (Å²) in [5.74, 6) is 0. The lowest BCUT2D eigenvalue weighted by molar-refractivity contribution is 1.31. The highest BCUT2D eigenvalue weighted by atomic mass is 15.1. The van der Waals surface area contributed by atoms with Gasteiger partial charge >= 0.3 is 0 Å². The van der Waals surface area contributed by atoms with E-state index >= 15 is 0 Å². The van der Waals surface area contributed by atoms with Gasteiger partial charge in [0, 0.05) is 27.8 Å². The van der Waals surface area contributed by atoms with Crippen molar-refractivity contribution in [2.75, 3.05) is 10.2 Å². The fourth-order valence-corrected chi connectivity index (χ4v) is 4.70. The first kappa shape index (κ1) is 21.5. The SMILES string of the molecule is N#Cc1ccc(Nc2ccc(N(c3cccc4ccccc34)c3cccc4ccccc34)cc2)cc1. The molecule has 0 aliphatic carbocycles. The Hall–Kier alpha value is -5.07. The van der Waals surface area contributed by atoms with Gasteiger partial charge < -0.3 is 10.2 Å². The van der Waals surface area contributed by atoms with E-state index in [1.54, 1.807) is 0 Å². The maximum Gasteiger partial charge on any atom is 0.0991 e. The van der Waals surface area contributed by atoms with Crippen molar-refractivity contribution in [2.45, 2.75) is 0 Å². The fourth-order valence-electron chi connectivity index (χ4n) is 4.70. The number of hydrogen-bond acceptors (Lipinski definition) is 3. The molecule has 0 saturated carbocycles. The van der Waals surface area contributed by atoms with E-state index in [1.165, 1.54) is 21.5 Å². The van der Waals surface area contributed by atoms with E-state index in [4.69, 9.17) is 5.26 Å². The largest absolute Gasteiger partial charge is 0.356 e. The maximum absolute atomic E-state index is 9.05. The molecule has 0 radical (unpaired) electrons. The molecule has 0 amide bonds. The lowest BCUT2D eigenvalue weighted by Crippen LogP contribution is -2.11. The number of fused-ring (bicyclic) bond motifs is 2. The molecule has 36 heavy (non-hydrogen) atoms. The number of benzene rings is 6. The van der Waals surface area contributed by atoms with Gasteiger partial charge in [0.15, 0.2) is 0 Å². The number of rotatable bonds is 5. The molecule has 0 aromatic heterocycles. The first-order valence-corrected chi connectivity index (χ1v) is 11.9. The zero-order valence-electron chi connectivity index (χ0n) is 19.6. The zero-order valence-corrected chi connectivity index (χ0v) is 19.6. The number of nitriles is 1. The predicted octanol–water partition coefficient (Wildman–Crippen LogP) is 9.08. The van der Waals surface area contributed by atoms with Gasteiger partial charge in [-0.3, -0.25) is 0 Å². The Morgan fingerprint density at radius 2 is 0.972 bits per heavy atom. The molecule has 3 heteroatoms. The molecule has 0 aliphatic heterocycles. The van der Waals surface area contributed by atoms with E-state index in [1.807, 2.05) is 24.3 Å². The van der Waals surface area contributed by atoms with Crippen LogP contribution in [0.1, 0.15) is 5.56 Å². The van der Waals surface area contributed by atoms with Gasteiger partial charge in [-0.2, -0.15) is 5.26 Å². The Kier molecular flexibility index (Phi) is 5.54. The number of nitrogens with one attached hydrogen (secondary N) is 1. The van der Waals surface area contributed by atoms with Crippen LogP contribution in [0.25, 0.3) is 21.5 Å². The molecule has 0 atom stereocenters. The van der Waals surface area contributed by atoms with E-state index < -0.39 is 0 Å². The zero-order chi connectivity index (χ0) is 24.3. The second-order valence-electron chi connectivity index (χ2n) is 8.69. The minimum absolute atomic E-state index is 0.650. The summed E-state index contributed by atoms with van der Waals surface area (Å²) >= 11 is 0. The summed E-state index contributed by atoms with van der Waals surface area (Å²) in [4.78, 5) is 2.34. The third-order valence-corrected chi connectivity index (χ3v) is 6.44. The lowest BCUT2D eigenvalue weighted by atomic mass is 10.0. The molecule has 0 heterocycles. The Bertz CT molecular complexity index is 1620. The van der Waals surface area contributed by atoms with Crippen molar-refractivity contribution < 1.29 is 0 Å². The Labute approximate surface area is 210 Å². The third-order valence-electron chi connectivity index (χ3n) is 6.44.